The number of carbonyl (C=O) groups is 1. The number of anilines is 1. The van der Waals surface area contributed by atoms with Crippen LogP contribution in [0.2, 0.25) is 5.02 Å². The summed E-state index contributed by atoms with van der Waals surface area (Å²) in [5.41, 5.74) is 3.92. The summed E-state index contributed by atoms with van der Waals surface area (Å²) in [5.74, 6) is -0.100. The van der Waals surface area contributed by atoms with E-state index in [2.05, 4.69) is 15.2 Å². The van der Waals surface area contributed by atoms with Crippen LogP contribution in [0.15, 0.2) is 84.9 Å². The van der Waals surface area contributed by atoms with Gasteiger partial charge in [-0.3, -0.25) is 4.79 Å². The Balaban J connectivity index is 1.43. The minimum absolute atomic E-state index is 0.100. The van der Waals surface area contributed by atoms with Gasteiger partial charge in [0.15, 0.2) is 5.69 Å². The Kier molecular flexibility index (Phi) is 5.60. The van der Waals surface area contributed by atoms with Crippen molar-refractivity contribution >= 4 is 23.2 Å². The van der Waals surface area contributed by atoms with Crippen molar-refractivity contribution < 1.29 is 4.79 Å². The molecule has 2 heterocycles. The first kappa shape index (κ1) is 20.3. The molecule has 0 N–H and O–H groups in total. The van der Waals surface area contributed by atoms with Gasteiger partial charge in [0.1, 0.15) is 5.69 Å². The highest BCUT2D eigenvalue weighted by Gasteiger charge is 2.28. The molecule has 0 atom stereocenters. The van der Waals surface area contributed by atoms with Gasteiger partial charge in [0.05, 0.1) is 5.69 Å². The van der Waals surface area contributed by atoms with E-state index in [4.69, 9.17) is 11.6 Å². The van der Waals surface area contributed by atoms with E-state index in [-0.39, 0.29) is 5.91 Å². The normalized spacial score (nSPS) is 13.9. The monoisotopic (exact) mass is 443 g/mol. The van der Waals surface area contributed by atoms with Crippen molar-refractivity contribution in [3.63, 3.8) is 0 Å². The minimum Gasteiger partial charge on any atom is -0.368 e. The van der Waals surface area contributed by atoms with Gasteiger partial charge in [-0.15, -0.1) is 5.10 Å². The number of hydrogen-bond acceptors (Lipinski definition) is 4. The molecule has 1 fully saturated rings. The summed E-state index contributed by atoms with van der Waals surface area (Å²) in [6, 6.07) is 27.4. The third kappa shape index (κ3) is 3.97. The SMILES string of the molecule is O=C(c1nnn(-c2ccccc2)c1-c1ccccc1)N1CCN(c2cccc(Cl)c2)CC1. The molecule has 4 aromatic rings. The van der Waals surface area contributed by atoms with Crippen LogP contribution in [0.5, 0.6) is 0 Å². The van der Waals surface area contributed by atoms with Crippen molar-refractivity contribution in [2.24, 2.45) is 0 Å². The van der Waals surface area contributed by atoms with Gasteiger partial charge in [0.25, 0.3) is 5.91 Å². The quantitative estimate of drug-likeness (QED) is 0.464. The van der Waals surface area contributed by atoms with Crippen molar-refractivity contribution in [2.45, 2.75) is 0 Å². The zero-order chi connectivity index (χ0) is 21.9. The van der Waals surface area contributed by atoms with Gasteiger partial charge in [0, 0.05) is 42.5 Å². The molecular weight excluding hydrogens is 422 g/mol. The first-order valence-corrected chi connectivity index (χ1v) is 10.9. The lowest BCUT2D eigenvalue weighted by Gasteiger charge is -2.36. The van der Waals surface area contributed by atoms with Gasteiger partial charge in [-0.05, 0) is 30.3 Å². The summed E-state index contributed by atoms with van der Waals surface area (Å²) in [7, 11) is 0. The maximum absolute atomic E-state index is 13.5. The number of benzene rings is 3. The fourth-order valence-electron chi connectivity index (χ4n) is 4.02. The van der Waals surface area contributed by atoms with Crippen LogP contribution in [0.1, 0.15) is 10.5 Å². The number of aromatic nitrogens is 3. The Morgan fingerprint density at radius 1 is 0.781 bits per heavy atom. The second-order valence-corrected chi connectivity index (χ2v) is 8.10. The van der Waals surface area contributed by atoms with Gasteiger partial charge >= 0.3 is 0 Å². The molecular formula is C25H22ClN5O. The predicted molar refractivity (Wildman–Crippen MR) is 126 cm³/mol. The number of piperazine rings is 1. The summed E-state index contributed by atoms with van der Waals surface area (Å²) in [6.07, 6.45) is 0. The van der Waals surface area contributed by atoms with Crippen molar-refractivity contribution in [1.29, 1.82) is 0 Å². The molecule has 6 nitrogen and oxygen atoms in total. The van der Waals surface area contributed by atoms with Crippen LogP contribution in [0.4, 0.5) is 5.69 Å². The number of para-hydroxylation sites is 1. The van der Waals surface area contributed by atoms with E-state index in [0.717, 1.165) is 30.0 Å². The second-order valence-electron chi connectivity index (χ2n) is 7.66. The number of carbonyl (C=O) groups excluding carboxylic acids is 1. The molecule has 1 aliphatic rings. The Labute approximate surface area is 191 Å². The van der Waals surface area contributed by atoms with E-state index in [9.17, 15) is 4.79 Å². The van der Waals surface area contributed by atoms with Crippen LogP contribution >= 0.6 is 11.6 Å². The number of hydrogen-bond donors (Lipinski definition) is 0. The predicted octanol–water partition coefficient (Wildman–Crippen LogP) is 4.55. The number of nitrogens with zero attached hydrogens (tertiary/aromatic N) is 5. The molecule has 1 aromatic heterocycles. The molecule has 1 aliphatic heterocycles. The van der Waals surface area contributed by atoms with Crippen molar-refractivity contribution in [2.75, 3.05) is 31.1 Å². The molecule has 32 heavy (non-hydrogen) atoms. The van der Waals surface area contributed by atoms with Gasteiger partial charge < -0.3 is 9.80 Å². The van der Waals surface area contributed by atoms with Crippen LogP contribution in [0.25, 0.3) is 16.9 Å². The molecule has 0 radical (unpaired) electrons. The highest BCUT2D eigenvalue weighted by atomic mass is 35.5. The van der Waals surface area contributed by atoms with E-state index in [0.29, 0.717) is 29.5 Å². The molecule has 0 unspecified atom stereocenters. The Morgan fingerprint density at radius 2 is 1.44 bits per heavy atom. The Morgan fingerprint density at radius 3 is 2.12 bits per heavy atom. The van der Waals surface area contributed by atoms with Gasteiger partial charge in [-0.1, -0.05) is 71.4 Å². The van der Waals surface area contributed by atoms with Crippen LogP contribution in [-0.2, 0) is 0 Å². The molecule has 160 valence electrons. The zero-order valence-corrected chi connectivity index (χ0v) is 18.2. The third-order valence-electron chi connectivity index (χ3n) is 5.66. The zero-order valence-electron chi connectivity index (χ0n) is 17.4. The highest BCUT2D eigenvalue weighted by molar-refractivity contribution is 6.30. The average Bonchev–Trinajstić information content (AvgIpc) is 3.30. The van der Waals surface area contributed by atoms with E-state index in [1.54, 1.807) is 4.68 Å². The van der Waals surface area contributed by atoms with Crippen molar-refractivity contribution in [1.82, 2.24) is 19.9 Å². The Hall–Kier alpha value is -3.64. The van der Waals surface area contributed by atoms with Crippen LogP contribution in [-0.4, -0.2) is 52.0 Å². The molecule has 0 aliphatic carbocycles. The summed E-state index contributed by atoms with van der Waals surface area (Å²) in [4.78, 5) is 17.6. The summed E-state index contributed by atoms with van der Waals surface area (Å²) in [5, 5.41) is 9.38. The van der Waals surface area contributed by atoms with Crippen LogP contribution in [0, 0.1) is 0 Å². The minimum atomic E-state index is -0.100. The van der Waals surface area contributed by atoms with E-state index >= 15 is 0 Å². The lowest BCUT2D eigenvalue weighted by Crippen LogP contribution is -2.49. The molecule has 1 saturated heterocycles. The van der Waals surface area contributed by atoms with Gasteiger partial charge in [-0.2, -0.15) is 0 Å². The van der Waals surface area contributed by atoms with Crippen molar-refractivity contribution in [3.8, 4) is 16.9 Å². The smallest absolute Gasteiger partial charge is 0.276 e. The summed E-state index contributed by atoms with van der Waals surface area (Å²) >= 11 is 6.14. The number of halogens is 1. The molecule has 0 spiro atoms. The van der Waals surface area contributed by atoms with Crippen LogP contribution < -0.4 is 4.90 Å². The summed E-state index contributed by atoms with van der Waals surface area (Å²) < 4.78 is 1.74. The largest absolute Gasteiger partial charge is 0.368 e. The molecule has 0 bridgehead atoms. The second kappa shape index (κ2) is 8.85. The van der Waals surface area contributed by atoms with Crippen molar-refractivity contribution in [3.05, 3.63) is 95.6 Å². The lowest BCUT2D eigenvalue weighted by molar-refractivity contribution is 0.0741. The molecule has 0 saturated carbocycles. The van der Waals surface area contributed by atoms with E-state index < -0.39 is 0 Å². The highest BCUT2D eigenvalue weighted by Crippen LogP contribution is 2.27. The topological polar surface area (TPSA) is 54.3 Å². The molecule has 3 aromatic carbocycles. The van der Waals surface area contributed by atoms with E-state index in [1.807, 2.05) is 89.8 Å². The van der Waals surface area contributed by atoms with E-state index in [1.165, 1.54) is 0 Å². The first-order valence-electron chi connectivity index (χ1n) is 10.6. The standard InChI is InChI=1S/C25H22ClN5O/c26-20-10-7-13-22(18-20)29-14-16-30(17-15-29)25(32)23-24(19-8-3-1-4-9-19)31(28-27-23)21-11-5-2-6-12-21/h1-13,18H,14-17H2. The molecule has 5 rings (SSSR count). The first-order chi connectivity index (χ1) is 15.7. The van der Waals surface area contributed by atoms with Gasteiger partial charge in [-0.25, -0.2) is 4.68 Å². The Bertz CT molecular complexity index is 1220. The fourth-order valence-corrected chi connectivity index (χ4v) is 4.21. The maximum Gasteiger partial charge on any atom is 0.276 e. The third-order valence-corrected chi connectivity index (χ3v) is 5.90. The molecule has 7 heteroatoms. The molecule has 1 amide bonds. The fraction of sp³-hybridized carbons (Fsp3) is 0.160. The maximum atomic E-state index is 13.5. The average molecular weight is 444 g/mol. The summed E-state index contributed by atoms with van der Waals surface area (Å²) in [6.45, 7) is 2.69. The van der Waals surface area contributed by atoms with Gasteiger partial charge in [0.2, 0.25) is 0 Å². The number of rotatable bonds is 4. The number of amides is 1. The lowest BCUT2D eigenvalue weighted by atomic mass is 10.1. The van der Waals surface area contributed by atoms with Crippen LogP contribution in [0.3, 0.4) is 0 Å².